The molecule has 17 heavy (non-hydrogen) atoms. The SMILES string of the molecule is Oc1cccc2c1CC(N1CCCCC1)CN2. The number of anilines is 1. The molecule has 3 nitrogen and oxygen atoms in total. The molecular weight excluding hydrogens is 212 g/mol. The average molecular weight is 232 g/mol. The fraction of sp³-hybridized carbons (Fsp3) is 0.571. The zero-order valence-electron chi connectivity index (χ0n) is 10.2. The number of phenolic OH excluding ortho intramolecular Hbond substituents is 1. The first-order valence-electron chi connectivity index (χ1n) is 6.63. The second-order valence-corrected chi connectivity index (χ2v) is 5.14. The number of phenols is 1. The lowest BCUT2D eigenvalue weighted by atomic mass is 9.96. The largest absolute Gasteiger partial charge is 0.508 e. The van der Waals surface area contributed by atoms with Gasteiger partial charge in [-0.3, -0.25) is 4.90 Å². The number of fused-ring (bicyclic) bond motifs is 1. The Morgan fingerprint density at radius 3 is 2.82 bits per heavy atom. The smallest absolute Gasteiger partial charge is 0.120 e. The van der Waals surface area contributed by atoms with E-state index in [0.29, 0.717) is 11.8 Å². The van der Waals surface area contributed by atoms with Gasteiger partial charge in [0, 0.05) is 23.8 Å². The van der Waals surface area contributed by atoms with E-state index in [1.165, 1.54) is 32.4 Å². The predicted octanol–water partition coefficient (Wildman–Crippen LogP) is 2.21. The van der Waals surface area contributed by atoms with E-state index in [1.807, 2.05) is 6.07 Å². The third-order valence-corrected chi connectivity index (χ3v) is 4.03. The lowest BCUT2D eigenvalue weighted by Gasteiger charge is -2.38. The second-order valence-electron chi connectivity index (χ2n) is 5.14. The van der Waals surface area contributed by atoms with Gasteiger partial charge in [0.2, 0.25) is 0 Å². The Balaban J connectivity index is 1.77. The molecule has 92 valence electrons. The van der Waals surface area contributed by atoms with Gasteiger partial charge in [-0.25, -0.2) is 0 Å². The molecule has 1 unspecified atom stereocenters. The molecule has 0 bridgehead atoms. The Kier molecular flexibility index (Phi) is 2.93. The number of hydrogen-bond acceptors (Lipinski definition) is 3. The van der Waals surface area contributed by atoms with Crippen LogP contribution in [0.4, 0.5) is 5.69 Å². The summed E-state index contributed by atoms with van der Waals surface area (Å²) in [6.45, 7) is 3.45. The average Bonchev–Trinajstić information content (AvgIpc) is 2.40. The van der Waals surface area contributed by atoms with Gasteiger partial charge in [-0.15, -0.1) is 0 Å². The topological polar surface area (TPSA) is 35.5 Å². The third kappa shape index (κ3) is 2.12. The Bertz CT molecular complexity index is 399. The first-order chi connectivity index (χ1) is 8.34. The van der Waals surface area contributed by atoms with Crippen molar-refractivity contribution in [3.63, 3.8) is 0 Å². The number of nitrogens with one attached hydrogen (secondary N) is 1. The maximum atomic E-state index is 9.91. The van der Waals surface area contributed by atoms with Gasteiger partial charge in [0.1, 0.15) is 5.75 Å². The molecule has 3 heteroatoms. The highest BCUT2D eigenvalue weighted by molar-refractivity contribution is 5.59. The molecule has 1 aromatic rings. The lowest BCUT2D eigenvalue weighted by Crippen LogP contribution is -2.46. The molecule has 0 aromatic heterocycles. The van der Waals surface area contributed by atoms with Crippen molar-refractivity contribution in [2.75, 3.05) is 25.0 Å². The molecule has 0 aliphatic carbocycles. The summed E-state index contributed by atoms with van der Waals surface area (Å²) in [4.78, 5) is 2.58. The summed E-state index contributed by atoms with van der Waals surface area (Å²) < 4.78 is 0. The van der Waals surface area contributed by atoms with Crippen molar-refractivity contribution in [2.45, 2.75) is 31.7 Å². The standard InChI is InChI=1S/C14H20N2O/c17-14-6-4-5-13-12(14)9-11(10-15-13)16-7-2-1-3-8-16/h4-6,11,15,17H,1-3,7-10H2. The van der Waals surface area contributed by atoms with Crippen LogP contribution >= 0.6 is 0 Å². The van der Waals surface area contributed by atoms with Crippen LogP contribution in [-0.4, -0.2) is 35.7 Å². The van der Waals surface area contributed by atoms with E-state index in [4.69, 9.17) is 0 Å². The summed E-state index contributed by atoms with van der Waals surface area (Å²) in [6, 6.07) is 6.30. The fourth-order valence-corrected chi connectivity index (χ4v) is 3.03. The molecule has 0 spiro atoms. The molecule has 2 aliphatic heterocycles. The van der Waals surface area contributed by atoms with E-state index in [9.17, 15) is 5.11 Å². The van der Waals surface area contributed by atoms with Gasteiger partial charge in [-0.2, -0.15) is 0 Å². The van der Waals surface area contributed by atoms with E-state index in [0.717, 1.165) is 24.2 Å². The molecule has 0 amide bonds. The number of nitrogens with zero attached hydrogens (tertiary/aromatic N) is 1. The van der Waals surface area contributed by atoms with Crippen molar-refractivity contribution in [3.8, 4) is 5.75 Å². The quantitative estimate of drug-likeness (QED) is 0.779. The third-order valence-electron chi connectivity index (χ3n) is 4.03. The Morgan fingerprint density at radius 2 is 2.00 bits per heavy atom. The first-order valence-corrected chi connectivity index (χ1v) is 6.63. The van der Waals surface area contributed by atoms with Crippen LogP contribution < -0.4 is 5.32 Å². The van der Waals surface area contributed by atoms with Gasteiger partial charge in [0.25, 0.3) is 0 Å². The van der Waals surface area contributed by atoms with E-state index < -0.39 is 0 Å². The van der Waals surface area contributed by atoms with Crippen LogP contribution in [0.5, 0.6) is 5.75 Å². The zero-order chi connectivity index (χ0) is 11.7. The van der Waals surface area contributed by atoms with Crippen molar-refractivity contribution >= 4 is 5.69 Å². The van der Waals surface area contributed by atoms with Gasteiger partial charge in [-0.1, -0.05) is 12.5 Å². The predicted molar refractivity (Wildman–Crippen MR) is 69.5 cm³/mol. The number of likely N-dealkylation sites (tertiary alicyclic amines) is 1. The number of hydrogen-bond donors (Lipinski definition) is 2. The van der Waals surface area contributed by atoms with Crippen molar-refractivity contribution in [3.05, 3.63) is 23.8 Å². The van der Waals surface area contributed by atoms with Crippen LogP contribution in [-0.2, 0) is 6.42 Å². The molecule has 1 atom stereocenters. The van der Waals surface area contributed by atoms with Gasteiger partial charge in [0.15, 0.2) is 0 Å². The van der Waals surface area contributed by atoms with Crippen LogP contribution in [0.2, 0.25) is 0 Å². The number of rotatable bonds is 1. The number of aromatic hydroxyl groups is 1. The van der Waals surface area contributed by atoms with Crippen molar-refractivity contribution < 1.29 is 5.11 Å². The summed E-state index contributed by atoms with van der Waals surface area (Å²) in [5, 5.41) is 13.4. The maximum absolute atomic E-state index is 9.91. The van der Waals surface area contributed by atoms with Crippen molar-refractivity contribution in [2.24, 2.45) is 0 Å². The second kappa shape index (κ2) is 4.57. The number of benzene rings is 1. The lowest BCUT2D eigenvalue weighted by molar-refractivity contribution is 0.166. The molecule has 1 aromatic carbocycles. The first kappa shape index (κ1) is 10.9. The van der Waals surface area contributed by atoms with Gasteiger partial charge in [-0.05, 0) is 44.5 Å². The summed E-state index contributed by atoms with van der Waals surface area (Å²) >= 11 is 0. The van der Waals surface area contributed by atoms with Crippen molar-refractivity contribution in [1.82, 2.24) is 4.90 Å². The van der Waals surface area contributed by atoms with E-state index in [-0.39, 0.29) is 0 Å². The minimum atomic E-state index is 0.441. The minimum absolute atomic E-state index is 0.441. The Hall–Kier alpha value is -1.22. The molecule has 1 fully saturated rings. The Labute approximate surface area is 102 Å². The Morgan fingerprint density at radius 1 is 1.18 bits per heavy atom. The summed E-state index contributed by atoms with van der Waals surface area (Å²) in [6.07, 6.45) is 5.00. The summed E-state index contributed by atoms with van der Waals surface area (Å²) in [7, 11) is 0. The van der Waals surface area contributed by atoms with E-state index >= 15 is 0 Å². The zero-order valence-corrected chi connectivity index (χ0v) is 10.2. The van der Waals surface area contributed by atoms with Crippen LogP contribution in [0.25, 0.3) is 0 Å². The van der Waals surface area contributed by atoms with E-state index in [1.54, 1.807) is 6.07 Å². The molecule has 2 heterocycles. The maximum Gasteiger partial charge on any atom is 0.120 e. The highest BCUT2D eigenvalue weighted by Gasteiger charge is 2.26. The van der Waals surface area contributed by atoms with Crippen molar-refractivity contribution in [1.29, 1.82) is 0 Å². The molecule has 1 saturated heterocycles. The van der Waals surface area contributed by atoms with Crippen LogP contribution in [0.3, 0.4) is 0 Å². The fourth-order valence-electron chi connectivity index (χ4n) is 3.03. The molecule has 2 N–H and O–H groups in total. The minimum Gasteiger partial charge on any atom is -0.508 e. The molecule has 3 rings (SSSR count). The highest BCUT2D eigenvalue weighted by Crippen LogP contribution is 2.31. The summed E-state index contributed by atoms with van der Waals surface area (Å²) in [5.74, 6) is 0.441. The monoisotopic (exact) mass is 232 g/mol. The highest BCUT2D eigenvalue weighted by atomic mass is 16.3. The van der Waals surface area contributed by atoms with E-state index in [2.05, 4.69) is 16.3 Å². The van der Waals surface area contributed by atoms with Gasteiger partial charge < -0.3 is 10.4 Å². The van der Waals surface area contributed by atoms with Crippen LogP contribution in [0.1, 0.15) is 24.8 Å². The van der Waals surface area contributed by atoms with Gasteiger partial charge in [0.05, 0.1) is 0 Å². The summed E-state index contributed by atoms with van der Waals surface area (Å²) in [5.41, 5.74) is 2.20. The molecule has 0 saturated carbocycles. The normalized spacial score (nSPS) is 25.1. The van der Waals surface area contributed by atoms with Crippen LogP contribution in [0.15, 0.2) is 18.2 Å². The molecule has 0 radical (unpaired) electrons. The number of piperidine rings is 1. The van der Waals surface area contributed by atoms with Crippen LogP contribution in [0, 0.1) is 0 Å². The van der Waals surface area contributed by atoms with Gasteiger partial charge >= 0.3 is 0 Å². The molecular formula is C14H20N2O. The molecule has 2 aliphatic rings.